The van der Waals surface area contributed by atoms with Crippen molar-refractivity contribution >= 4 is 10.1 Å². The van der Waals surface area contributed by atoms with Crippen LogP contribution in [0.15, 0.2) is 30.3 Å². The van der Waals surface area contributed by atoms with Crippen molar-refractivity contribution in [2.24, 2.45) is 0 Å². The molecule has 0 aromatic heterocycles. The average molecular weight is 271 g/mol. The van der Waals surface area contributed by atoms with Crippen molar-refractivity contribution in [1.29, 1.82) is 0 Å². The molecule has 1 atom stereocenters. The molecule has 1 N–H and O–H groups in total. The van der Waals surface area contributed by atoms with Crippen LogP contribution in [0.3, 0.4) is 0 Å². The van der Waals surface area contributed by atoms with Crippen LogP contribution >= 0.6 is 0 Å². The van der Waals surface area contributed by atoms with Crippen LogP contribution in [0.1, 0.15) is 31.4 Å². The van der Waals surface area contributed by atoms with E-state index in [1.54, 1.807) is 0 Å². The second kappa shape index (κ2) is 6.87. The first-order valence-electron chi connectivity index (χ1n) is 6.10. The Bertz CT molecular complexity index is 445. The molecule has 1 aromatic rings. The number of benzene rings is 1. The Morgan fingerprint density at radius 1 is 1.22 bits per heavy atom. The fraction of sp³-hybridized carbons (Fsp3) is 0.538. The van der Waals surface area contributed by atoms with Crippen molar-refractivity contribution in [3.8, 4) is 0 Å². The van der Waals surface area contributed by atoms with Gasteiger partial charge < -0.3 is 0 Å². The van der Waals surface area contributed by atoms with E-state index in [4.69, 9.17) is 4.55 Å². The van der Waals surface area contributed by atoms with Crippen LogP contribution in [-0.2, 0) is 10.1 Å². The Balaban J connectivity index is 2.35. The molecule has 18 heavy (non-hydrogen) atoms. The largest absolute Gasteiger partial charge is 0.300 e. The standard InChI is InChI=1S/C13H21NO3S/c1-12(13-8-4-3-5-9-13)14(2)10-6-7-11-18(15,16)17/h3-5,8-9,12H,6-7,10-11H2,1-2H3,(H,15,16,17). The van der Waals surface area contributed by atoms with E-state index in [9.17, 15) is 8.42 Å². The van der Waals surface area contributed by atoms with Crippen LogP contribution in [0, 0.1) is 0 Å². The highest BCUT2D eigenvalue weighted by molar-refractivity contribution is 7.85. The molecule has 0 spiro atoms. The highest BCUT2D eigenvalue weighted by Gasteiger charge is 2.11. The molecule has 0 saturated carbocycles. The maximum absolute atomic E-state index is 10.6. The minimum absolute atomic E-state index is 0.152. The molecule has 0 bridgehead atoms. The third-order valence-electron chi connectivity index (χ3n) is 3.11. The first-order valence-corrected chi connectivity index (χ1v) is 7.71. The number of rotatable bonds is 7. The topological polar surface area (TPSA) is 57.6 Å². The second-order valence-electron chi connectivity index (χ2n) is 4.56. The van der Waals surface area contributed by atoms with Gasteiger partial charge in [-0.3, -0.25) is 9.45 Å². The molecule has 102 valence electrons. The van der Waals surface area contributed by atoms with Crippen molar-refractivity contribution in [3.63, 3.8) is 0 Å². The maximum atomic E-state index is 10.6. The zero-order chi connectivity index (χ0) is 13.6. The highest BCUT2D eigenvalue weighted by atomic mass is 32.2. The fourth-order valence-corrected chi connectivity index (χ4v) is 2.39. The molecule has 0 aliphatic heterocycles. The molecule has 0 saturated heterocycles. The van der Waals surface area contributed by atoms with Crippen LogP contribution in [0.2, 0.25) is 0 Å². The molecule has 0 radical (unpaired) electrons. The van der Waals surface area contributed by atoms with Crippen molar-refractivity contribution in [1.82, 2.24) is 4.90 Å². The maximum Gasteiger partial charge on any atom is 0.264 e. The molecule has 4 nitrogen and oxygen atoms in total. The van der Waals surface area contributed by atoms with Gasteiger partial charge in [-0.2, -0.15) is 8.42 Å². The summed E-state index contributed by atoms with van der Waals surface area (Å²) in [5.41, 5.74) is 1.25. The lowest BCUT2D eigenvalue weighted by Crippen LogP contribution is -2.24. The summed E-state index contributed by atoms with van der Waals surface area (Å²) in [4.78, 5) is 2.18. The SMILES string of the molecule is CC(c1ccccc1)N(C)CCCCS(=O)(=O)O. The Morgan fingerprint density at radius 3 is 2.39 bits per heavy atom. The molecule has 1 rings (SSSR count). The number of hydrogen-bond acceptors (Lipinski definition) is 3. The molecular formula is C13H21NO3S. The summed E-state index contributed by atoms with van der Waals surface area (Å²) in [6.45, 7) is 2.93. The molecule has 0 aliphatic carbocycles. The van der Waals surface area contributed by atoms with Crippen molar-refractivity contribution in [2.75, 3.05) is 19.3 Å². The number of nitrogens with zero attached hydrogens (tertiary/aromatic N) is 1. The smallest absolute Gasteiger partial charge is 0.264 e. The van der Waals surface area contributed by atoms with E-state index in [2.05, 4.69) is 24.0 Å². The van der Waals surface area contributed by atoms with Crippen LogP contribution in [0.25, 0.3) is 0 Å². The molecule has 0 aliphatic rings. The van der Waals surface area contributed by atoms with Crippen molar-refractivity contribution < 1.29 is 13.0 Å². The van der Waals surface area contributed by atoms with E-state index in [-0.39, 0.29) is 5.75 Å². The van der Waals surface area contributed by atoms with Gasteiger partial charge in [0.15, 0.2) is 0 Å². The number of hydrogen-bond donors (Lipinski definition) is 1. The zero-order valence-electron chi connectivity index (χ0n) is 10.9. The van der Waals surface area contributed by atoms with Gasteiger partial charge in [0, 0.05) is 6.04 Å². The molecule has 1 aromatic carbocycles. The molecule has 0 fully saturated rings. The molecule has 5 heteroatoms. The average Bonchev–Trinajstić information content (AvgIpc) is 2.33. The molecule has 0 heterocycles. The number of unbranched alkanes of at least 4 members (excludes halogenated alkanes) is 1. The van der Waals surface area contributed by atoms with E-state index in [0.29, 0.717) is 12.5 Å². The van der Waals surface area contributed by atoms with Gasteiger partial charge in [0.25, 0.3) is 10.1 Å². The van der Waals surface area contributed by atoms with Gasteiger partial charge in [-0.15, -0.1) is 0 Å². The lowest BCUT2D eigenvalue weighted by Gasteiger charge is -2.24. The summed E-state index contributed by atoms with van der Waals surface area (Å²) < 4.78 is 29.8. The Morgan fingerprint density at radius 2 is 1.83 bits per heavy atom. The first-order chi connectivity index (χ1) is 8.40. The summed E-state index contributed by atoms with van der Waals surface area (Å²) in [7, 11) is -1.79. The first kappa shape index (κ1) is 15.1. The predicted octanol–water partition coefficient (Wildman–Crippen LogP) is 2.35. The lowest BCUT2D eigenvalue weighted by molar-refractivity contribution is 0.257. The molecular weight excluding hydrogens is 250 g/mol. The van der Waals surface area contributed by atoms with Crippen molar-refractivity contribution in [3.05, 3.63) is 35.9 Å². The summed E-state index contributed by atoms with van der Waals surface area (Å²) in [5.74, 6) is -0.152. The van der Waals surface area contributed by atoms with Gasteiger partial charge in [0.2, 0.25) is 0 Å². The predicted molar refractivity (Wildman–Crippen MR) is 73.1 cm³/mol. The summed E-state index contributed by atoms with van der Waals surface area (Å²) >= 11 is 0. The van der Waals surface area contributed by atoms with Gasteiger partial charge in [0.05, 0.1) is 5.75 Å². The fourth-order valence-electron chi connectivity index (χ4n) is 1.83. The van der Waals surface area contributed by atoms with Gasteiger partial charge in [-0.25, -0.2) is 0 Å². The minimum Gasteiger partial charge on any atom is -0.300 e. The van der Waals surface area contributed by atoms with Crippen LogP contribution in [-0.4, -0.2) is 37.2 Å². The van der Waals surface area contributed by atoms with Crippen molar-refractivity contribution in [2.45, 2.75) is 25.8 Å². The third-order valence-corrected chi connectivity index (χ3v) is 3.91. The lowest BCUT2D eigenvalue weighted by atomic mass is 10.1. The van der Waals surface area contributed by atoms with Gasteiger partial charge >= 0.3 is 0 Å². The summed E-state index contributed by atoms with van der Waals surface area (Å²) in [6.07, 6.45) is 1.25. The summed E-state index contributed by atoms with van der Waals surface area (Å²) in [6, 6.07) is 10.5. The van der Waals surface area contributed by atoms with Crippen LogP contribution in [0.5, 0.6) is 0 Å². The van der Waals surface area contributed by atoms with E-state index < -0.39 is 10.1 Å². The van der Waals surface area contributed by atoms with Gasteiger partial charge in [-0.1, -0.05) is 30.3 Å². The van der Waals surface area contributed by atoms with E-state index in [1.165, 1.54) is 5.56 Å². The minimum atomic E-state index is -3.81. The highest BCUT2D eigenvalue weighted by Crippen LogP contribution is 2.18. The summed E-state index contributed by atoms with van der Waals surface area (Å²) in [5, 5.41) is 0. The molecule has 1 unspecified atom stereocenters. The monoisotopic (exact) mass is 271 g/mol. The van der Waals surface area contributed by atoms with Crippen LogP contribution < -0.4 is 0 Å². The van der Waals surface area contributed by atoms with Gasteiger partial charge in [-0.05, 0) is 38.9 Å². The Labute approximate surface area is 109 Å². The van der Waals surface area contributed by atoms with Gasteiger partial charge in [0.1, 0.15) is 0 Å². The Hall–Kier alpha value is -0.910. The third kappa shape index (κ3) is 5.62. The zero-order valence-corrected chi connectivity index (χ0v) is 11.7. The second-order valence-corrected chi connectivity index (χ2v) is 6.13. The quantitative estimate of drug-likeness (QED) is 0.611. The van der Waals surface area contributed by atoms with E-state index >= 15 is 0 Å². The molecule has 0 amide bonds. The van der Waals surface area contributed by atoms with E-state index in [1.807, 2.05) is 25.2 Å². The Kier molecular flexibility index (Phi) is 5.78. The van der Waals surface area contributed by atoms with Crippen LogP contribution in [0.4, 0.5) is 0 Å². The normalized spacial score (nSPS) is 13.8. The van der Waals surface area contributed by atoms with E-state index in [0.717, 1.165) is 13.0 Å².